The predicted octanol–water partition coefficient (Wildman–Crippen LogP) is 6.30. The first-order chi connectivity index (χ1) is 12.7. The monoisotopic (exact) mass is 352 g/mol. The Bertz CT molecular complexity index is 1360. The second-order valence-corrected chi connectivity index (χ2v) is 8.61. The van der Waals surface area contributed by atoms with Gasteiger partial charge in [0.25, 0.3) is 0 Å². The number of thiophene rings is 1. The lowest BCUT2D eigenvalue weighted by Gasteiger charge is -2.22. The summed E-state index contributed by atoms with van der Waals surface area (Å²) in [6.07, 6.45) is 5.76. The van der Waals surface area contributed by atoms with E-state index in [4.69, 9.17) is 4.98 Å². The van der Waals surface area contributed by atoms with E-state index in [1.54, 1.807) is 0 Å². The van der Waals surface area contributed by atoms with Crippen molar-refractivity contribution in [1.82, 2.24) is 9.97 Å². The van der Waals surface area contributed by atoms with Gasteiger partial charge in [0.15, 0.2) is 0 Å². The van der Waals surface area contributed by atoms with E-state index >= 15 is 0 Å². The molecule has 0 saturated carbocycles. The van der Waals surface area contributed by atoms with Gasteiger partial charge in [0, 0.05) is 55.1 Å². The van der Waals surface area contributed by atoms with Gasteiger partial charge in [0.2, 0.25) is 0 Å². The summed E-state index contributed by atoms with van der Waals surface area (Å²) in [6, 6.07) is 15.4. The lowest BCUT2D eigenvalue weighted by Crippen LogP contribution is -2.15. The molecular weight excluding hydrogens is 336 g/mol. The highest BCUT2D eigenvalue weighted by molar-refractivity contribution is 7.26. The number of fused-ring (bicyclic) bond motifs is 9. The van der Waals surface area contributed by atoms with E-state index in [-0.39, 0.29) is 5.41 Å². The van der Waals surface area contributed by atoms with Gasteiger partial charge in [-0.25, -0.2) is 0 Å². The Labute approximate surface area is 155 Å². The van der Waals surface area contributed by atoms with Crippen LogP contribution in [0, 0.1) is 0 Å². The predicted molar refractivity (Wildman–Crippen MR) is 110 cm³/mol. The van der Waals surface area contributed by atoms with Crippen LogP contribution >= 0.6 is 11.3 Å². The second-order valence-electron chi connectivity index (χ2n) is 7.52. The zero-order chi connectivity index (χ0) is 17.5. The fourth-order valence-corrected chi connectivity index (χ4v) is 5.76. The molecule has 3 aromatic heterocycles. The molecule has 0 aliphatic heterocycles. The van der Waals surface area contributed by atoms with Gasteiger partial charge in [0.05, 0.1) is 5.69 Å². The van der Waals surface area contributed by atoms with Gasteiger partial charge in [-0.15, -0.1) is 11.3 Å². The Morgan fingerprint density at radius 3 is 2.65 bits per heavy atom. The third-order valence-corrected chi connectivity index (χ3v) is 6.90. The third kappa shape index (κ3) is 1.62. The summed E-state index contributed by atoms with van der Waals surface area (Å²) >= 11 is 1.88. The molecule has 6 rings (SSSR count). The number of nitrogens with zero attached hydrogens (tertiary/aromatic N) is 2. The standard InChI is InChI=1S/C23H16N2S/c1-23(2)16-4-3-10-25-22(16)15-6-8-18-20(21(15)23)19-14-9-11-24-12-13(14)5-7-17(19)26-18/h3-12H,1-2H3. The summed E-state index contributed by atoms with van der Waals surface area (Å²) in [7, 11) is 0. The largest absolute Gasteiger partial charge is 0.264 e. The Morgan fingerprint density at radius 1 is 0.885 bits per heavy atom. The molecule has 0 spiro atoms. The van der Waals surface area contributed by atoms with Crippen LogP contribution in [0.3, 0.4) is 0 Å². The molecule has 0 atom stereocenters. The number of hydrogen-bond donors (Lipinski definition) is 0. The van der Waals surface area contributed by atoms with Crippen LogP contribution in [0.1, 0.15) is 25.0 Å². The minimum atomic E-state index is -0.0539. The summed E-state index contributed by atoms with van der Waals surface area (Å²) in [5.41, 5.74) is 5.10. The molecule has 0 radical (unpaired) electrons. The number of benzene rings is 2. The molecule has 0 fully saturated rings. The third-order valence-electron chi connectivity index (χ3n) is 5.78. The van der Waals surface area contributed by atoms with Crippen molar-refractivity contribution in [2.75, 3.05) is 0 Å². The molecule has 2 aromatic carbocycles. The summed E-state index contributed by atoms with van der Waals surface area (Å²) in [4.78, 5) is 9.03. The van der Waals surface area contributed by atoms with Crippen LogP contribution in [0.4, 0.5) is 0 Å². The van der Waals surface area contributed by atoms with Crippen molar-refractivity contribution >= 4 is 42.3 Å². The zero-order valence-corrected chi connectivity index (χ0v) is 15.4. The molecule has 1 aliphatic rings. The van der Waals surface area contributed by atoms with Crippen molar-refractivity contribution < 1.29 is 0 Å². The minimum Gasteiger partial charge on any atom is -0.264 e. The highest BCUT2D eigenvalue weighted by atomic mass is 32.1. The van der Waals surface area contributed by atoms with Gasteiger partial charge in [-0.1, -0.05) is 32.0 Å². The van der Waals surface area contributed by atoms with Crippen LogP contribution in [-0.2, 0) is 5.41 Å². The van der Waals surface area contributed by atoms with Crippen molar-refractivity contribution in [3.05, 3.63) is 72.2 Å². The van der Waals surface area contributed by atoms with Crippen LogP contribution in [-0.4, -0.2) is 9.97 Å². The molecule has 0 saturated heterocycles. The van der Waals surface area contributed by atoms with Gasteiger partial charge in [-0.05, 0) is 40.8 Å². The van der Waals surface area contributed by atoms with Crippen LogP contribution in [0.2, 0.25) is 0 Å². The fourth-order valence-electron chi connectivity index (χ4n) is 4.63. The van der Waals surface area contributed by atoms with Gasteiger partial charge in [-0.3, -0.25) is 9.97 Å². The highest BCUT2D eigenvalue weighted by Crippen LogP contribution is 2.53. The summed E-state index contributed by atoms with van der Waals surface area (Å²) < 4.78 is 2.69. The van der Waals surface area contributed by atoms with Crippen LogP contribution < -0.4 is 0 Å². The molecule has 3 heterocycles. The molecule has 124 valence electrons. The van der Waals surface area contributed by atoms with E-state index in [0.29, 0.717) is 0 Å². The maximum absolute atomic E-state index is 4.72. The van der Waals surface area contributed by atoms with Crippen molar-refractivity contribution in [2.45, 2.75) is 19.3 Å². The number of hydrogen-bond acceptors (Lipinski definition) is 3. The van der Waals surface area contributed by atoms with Gasteiger partial charge >= 0.3 is 0 Å². The SMILES string of the molecule is CC1(C)c2cccnc2-c2ccc3sc4ccc5cnccc5c4c3c21. The van der Waals surface area contributed by atoms with E-state index in [0.717, 1.165) is 5.69 Å². The Hall–Kier alpha value is -2.78. The number of pyridine rings is 2. The van der Waals surface area contributed by atoms with Crippen molar-refractivity contribution in [3.8, 4) is 11.3 Å². The Kier molecular flexibility index (Phi) is 2.59. The quantitative estimate of drug-likeness (QED) is 0.327. The first kappa shape index (κ1) is 14.4. The summed E-state index contributed by atoms with van der Waals surface area (Å²) in [5, 5.41) is 5.24. The fraction of sp³-hybridized carbons (Fsp3) is 0.130. The lowest BCUT2D eigenvalue weighted by atomic mass is 9.80. The molecule has 0 unspecified atom stereocenters. The van der Waals surface area contributed by atoms with Gasteiger partial charge in [-0.2, -0.15) is 0 Å². The van der Waals surface area contributed by atoms with Crippen molar-refractivity contribution in [3.63, 3.8) is 0 Å². The van der Waals surface area contributed by atoms with Crippen LogP contribution in [0.15, 0.2) is 61.1 Å². The van der Waals surface area contributed by atoms with Crippen molar-refractivity contribution in [2.24, 2.45) is 0 Å². The number of aromatic nitrogens is 2. The van der Waals surface area contributed by atoms with Gasteiger partial charge in [0.1, 0.15) is 0 Å². The molecule has 2 nitrogen and oxygen atoms in total. The molecule has 0 amide bonds. The zero-order valence-electron chi connectivity index (χ0n) is 14.6. The van der Waals surface area contributed by atoms with Crippen LogP contribution in [0.25, 0.3) is 42.2 Å². The van der Waals surface area contributed by atoms with E-state index in [1.807, 2.05) is 29.9 Å². The van der Waals surface area contributed by atoms with Crippen molar-refractivity contribution in [1.29, 1.82) is 0 Å². The maximum atomic E-state index is 4.72. The smallest absolute Gasteiger partial charge is 0.0746 e. The van der Waals surface area contributed by atoms with E-state index < -0.39 is 0 Å². The average molecular weight is 352 g/mol. The topological polar surface area (TPSA) is 25.8 Å². The van der Waals surface area contributed by atoms with E-state index in [1.165, 1.54) is 47.6 Å². The summed E-state index contributed by atoms with van der Waals surface area (Å²) in [5.74, 6) is 0. The molecule has 3 heteroatoms. The average Bonchev–Trinajstić information content (AvgIpc) is 3.15. The Morgan fingerprint density at radius 2 is 1.73 bits per heavy atom. The molecule has 0 bridgehead atoms. The minimum absolute atomic E-state index is 0.0539. The van der Waals surface area contributed by atoms with E-state index in [9.17, 15) is 0 Å². The molecule has 26 heavy (non-hydrogen) atoms. The van der Waals surface area contributed by atoms with Gasteiger partial charge < -0.3 is 0 Å². The normalized spacial score (nSPS) is 14.8. The number of rotatable bonds is 0. The highest BCUT2D eigenvalue weighted by Gasteiger charge is 2.38. The molecule has 1 aliphatic carbocycles. The molecular formula is C23H16N2S. The second kappa shape index (κ2) is 4.68. The maximum Gasteiger partial charge on any atom is 0.0746 e. The first-order valence-corrected chi connectivity index (χ1v) is 9.66. The van der Waals surface area contributed by atoms with E-state index in [2.05, 4.69) is 61.3 Å². The lowest BCUT2D eigenvalue weighted by molar-refractivity contribution is 0.665. The Balaban J connectivity index is 1.89. The molecule has 0 N–H and O–H groups in total. The first-order valence-electron chi connectivity index (χ1n) is 8.84. The molecule has 5 aromatic rings. The van der Waals surface area contributed by atoms with Crippen LogP contribution in [0.5, 0.6) is 0 Å². The summed E-state index contributed by atoms with van der Waals surface area (Å²) in [6.45, 7) is 4.66.